The van der Waals surface area contributed by atoms with Crippen molar-refractivity contribution in [2.75, 3.05) is 13.1 Å². The highest BCUT2D eigenvalue weighted by Crippen LogP contribution is 2.29. The lowest BCUT2D eigenvalue weighted by molar-refractivity contribution is -0.136. The SMILES string of the molecule is Cn1ccnc1C1(NCc2ccc3c(c2)C(=O)N(C2CCC(=O)NC2=O)C3=O)CNC1. The number of benzene rings is 1. The molecule has 0 spiro atoms. The molecule has 1 aromatic heterocycles. The van der Waals surface area contributed by atoms with Gasteiger partial charge in [0.1, 0.15) is 17.4 Å². The Hall–Kier alpha value is -3.37. The van der Waals surface area contributed by atoms with Crippen LogP contribution < -0.4 is 16.0 Å². The fourth-order valence-corrected chi connectivity index (χ4v) is 4.46. The quantitative estimate of drug-likeness (QED) is 0.550. The van der Waals surface area contributed by atoms with Gasteiger partial charge < -0.3 is 9.88 Å². The molecule has 1 atom stereocenters. The van der Waals surface area contributed by atoms with Crippen molar-refractivity contribution in [3.63, 3.8) is 0 Å². The number of imidazole rings is 1. The van der Waals surface area contributed by atoms with Gasteiger partial charge in [-0.15, -0.1) is 0 Å². The predicted octanol–water partition coefficient (Wildman–Crippen LogP) is -0.590. The van der Waals surface area contributed by atoms with Crippen molar-refractivity contribution in [2.45, 2.75) is 31.0 Å². The fraction of sp³-hybridized carbons (Fsp3) is 0.381. The maximum absolute atomic E-state index is 13.0. The highest BCUT2D eigenvalue weighted by Gasteiger charge is 2.45. The molecule has 2 aromatic rings. The van der Waals surface area contributed by atoms with Crippen molar-refractivity contribution in [3.8, 4) is 0 Å². The van der Waals surface area contributed by atoms with E-state index >= 15 is 0 Å². The second-order valence-electron chi connectivity index (χ2n) is 8.23. The number of carbonyl (C=O) groups is 4. The van der Waals surface area contributed by atoms with Crippen LogP contribution in [0.2, 0.25) is 0 Å². The standard InChI is InChI=1S/C21H22N6O4/c1-26-7-6-23-20(26)21(10-22-11-21)24-9-12-2-3-13-14(8-12)19(31)27(18(13)30)15-4-5-16(28)25-17(15)29/h2-3,6-8,15,22,24H,4-5,9-11H2,1H3,(H,25,28,29). The largest absolute Gasteiger partial charge is 0.336 e. The molecule has 0 radical (unpaired) electrons. The summed E-state index contributed by atoms with van der Waals surface area (Å²) in [5.74, 6) is -1.06. The molecule has 5 rings (SSSR count). The summed E-state index contributed by atoms with van der Waals surface area (Å²) in [4.78, 5) is 54.9. The molecule has 3 aliphatic rings. The summed E-state index contributed by atoms with van der Waals surface area (Å²) in [7, 11) is 1.95. The van der Waals surface area contributed by atoms with Gasteiger partial charge in [0, 0.05) is 45.5 Å². The van der Waals surface area contributed by atoms with E-state index in [2.05, 4.69) is 20.9 Å². The van der Waals surface area contributed by atoms with E-state index in [0.29, 0.717) is 6.54 Å². The molecule has 4 amide bonds. The highest BCUT2D eigenvalue weighted by atomic mass is 16.2. The summed E-state index contributed by atoms with van der Waals surface area (Å²) in [6, 6.07) is 4.18. The van der Waals surface area contributed by atoms with Crippen molar-refractivity contribution in [1.29, 1.82) is 0 Å². The lowest BCUT2D eigenvalue weighted by Gasteiger charge is -2.42. The van der Waals surface area contributed by atoms with Crippen molar-refractivity contribution < 1.29 is 19.2 Å². The molecular weight excluding hydrogens is 400 g/mol. The fourth-order valence-electron chi connectivity index (χ4n) is 4.46. The van der Waals surface area contributed by atoms with Gasteiger partial charge in [0.25, 0.3) is 11.8 Å². The Balaban J connectivity index is 1.35. The number of fused-ring (bicyclic) bond motifs is 1. The first-order chi connectivity index (χ1) is 14.9. The van der Waals surface area contributed by atoms with Crippen LogP contribution in [0.15, 0.2) is 30.6 Å². The van der Waals surface area contributed by atoms with E-state index in [0.717, 1.165) is 29.4 Å². The van der Waals surface area contributed by atoms with E-state index in [1.807, 2.05) is 23.9 Å². The number of nitrogens with zero attached hydrogens (tertiary/aromatic N) is 3. The molecule has 10 heteroatoms. The van der Waals surface area contributed by atoms with E-state index in [1.54, 1.807) is 18.3 Å². The van der Waals surface area contributed by atoms with Gasteiger partial charge in [-0.3, -0.25) is 34.7 Å². The van der Waals surface area contributed by atoms with Gasteiger partial charge in [-0.1, -0.05) is 6.07 Å². The third-order valence-corrected chi connectivity index (χ3v) is 6.24. The summed E-state index contributed by atoms with van der Waals surface area (Å²) < 4.78 is 1.98. The molecule has 1 unspecified atom stereocenters. The molecule has 2 saturated heterocycles. The summed E-state index contributed by atoms with van der Waals surface area (Å²) >= 11 is 0. The van der Waals surface area contributed by atoms with Crippen molar-refractivity contribution in [3.05, 3.63) is 53.1 Å². The molecule has 3 N–H and O–H groups in total. The summed E-state index contributed by atoms with van der Waals surface area (Å²) in [6.45, 7) is 1.97. The van der Waals surface area contributed by atoms with E-state index in [-0.39, 0.29) is 29.5 Å². The van der Waals surface area contributed by atoms with Crippen LogP contribution in [-0.4, -0.2) is 57.2 Å². The lowest BCUT2D eigenvalue weighted by atomic mass is 9.90. The van der Waals surface area contributed by atoms with Gasteiger partial charge in [0.15, 0.2) is 0 Å². The number of carbonyl (C=O) groups excluding carboxylic acids is 4. The number of hydrogen-bond acceptors (Lipinski definition) is 7. The third kappa shape index (κ3) is 3.06. The molecule has 10 nitrogen and oxygen atoms in total. The summed E-state index contributed by atoms with van der Waals surface area (Å²) in [6.07, 6.45) is 3.91. The van der Waals surface area contributed by atoms with Crippen LogP contribution in [0.5, 0.6) is 0 Å². The topological polar surface area (TPSA) is 125 Å². The number of imide groups is 2. The average molecular weight is 422 g/mol. The third-order valence-electron chi connectivity index (χ3n) is 6.24. The Morgan fingerprint density at radius 2 is 1.94 bits per heavy atom. The zero-order valence-corrected chi connectivity index (χ0v) is 17.0. The Kier molecular flexibility index (Phi) is 4.49. The number of hydrogen-bond donors (Lipinski definition) is 3. The smallest absolute Gasteiger partial charge is 0.262 e. The maximum Gasteiger partial charge on any atom is 0.262 e. The minimum Gasteiger partial charge on any atom is -0.336 e. The summed E-state index contributed by atoms with van der Waals surface area (Å²) in [5, 5.41) is 9.02. The molecule has 31 heavy (non-hydrogen) atoms. The van der Waals surface area contributed by atoms with E-state index in [4.69, 9.17) is 0 Å². The van der Waals surface area contributed by atoms with E-state index < -0.39 is 29.7 Å². The Labute approximate surface area is 178 Å². The van der Waals surface area contributed by atoms with E-state index in [9.17, 15) is 19.2 Å². The van der Waals surface area contributed by atoms with Crippen LogP contribution >= 0.6 is 0 Å². The monoisotopic (exact) mass is 422 g/mol. The lowest BCUT2D eigenvalue weighted by Crippen LogP contribution is -2.65. The number of aryl methyl sites for hydroxylation is 1. The Morgan fingerprint density at radius 1 is 1.16 bits per heavy atom. The van der Waals surface area contributed by atoms with Gasteiger partial charge in [-0.2, -0.15) is 0 Å². The highest BCUT2D eigenvalue weighted by molar-refractivity contribution is 6.23. The van der Waals surface area contributed by atoms with Gasteiger partial charge in [0.05, 0.1) is 11.1 Å². The molecule has 2 fully saturated rings. The second-order valence-corrected chi connectivity index (χ2v) is 8.23. The average Bonchev–Trinajstić information content (AvgIpc) is 3.24. The van der Waals surface area contributed by atoms with Crippen LogP contribution in [0.25, 0.3) is 0 Å². The second kappa shape index (κ2) is 7.10. The van der Waals surface area contributed by atoms with Crippen LogP contribution in [0.4, 0.5) is 0 Å². The van der Waals surface area contributed by atoms with Gasteiger partial charge in [0.2, 0.25) is 11.8 Å². The Bertz CT molecular complexity index is 1120. The molecule has 160 valence electrons. The van der Waals surface area contributed by atoms with Crippen molar-refractivity contribution in [2.24, 2.45) is 7.05 Å². The van der Waals surface area contributed by atoms with Gasteiger partial charge >= 0.3 is 0 Å². The van der Waals surface area contributed by atoms with Crippen molar-refractivity contribution >= 4 is 23.6 Å². The minimum absolute atomic E-state index is 0.0995. The van der Waals surface area contributed by atoms with Crippen molar-refractivity contribution in [1.82, 2.24) is 30.4 Å². The van der Waals surface area contributed by atoms with Crippen LogP contribution in [0, 0.1) is 0 Å². The molecule has 0 saturated carbocycles. The molecule has 0 bridgehead atoms. The molecular formula is C21H22N6O4. The molecule has 1 aromatic carbocycles. The molecule has 4 heterocycles. The zero-order valence-electron chi connectivity index (χ0n) is 17.0. The number of rotatable bonds is 5. The first kappa shape index (κ1) is 19.6. The minimum atomic E-state index is -0.959. The maximum atomic E-state index is 13.0. The Morgan fingerprint density at radius 3 is 2.58 bits per heavy atom. The summed E-state index contributed by atoms with van der Waals surface area (Å²) in [5.41, 5.74) is 1.12. The molecule has 3 aliphatic heterocycles. The molecule has 0 aliphatic carbocycles. The number of amides is 4. The van der Waals surface area contributed by atoms with Crippen LogP contribution in [0.3, 0.4) is 0 Å². The van der Waals surface area contributed by atoms with Gasteiger partial charge in [-0.05, 0) is 24.1 Å². The number of piperidine rings is 1. The van der Waals surface area contributed by atoms with E-state index in [1.165, 1.54) is 0 Å². The van der Waals surface area contributed by atoms with Gasteiger partial charge in [-0.25, -0.2) is 4.98 Å². The van der Waals surface area contributed by atoms with Crippen LogP contribution in [-0.2, 0) is 28.7 Å². The normalized spacial score (nSPS) is 22.4. The predicted molar refractivity (Wildman–Crippen MR) is 108 cm³/mol. The number of aromatic nitrogens is 2. The first-order valence-corrected chi connectivity index (χ1v) is 10.2. The van der Waals surface area contributed by atoms with Crippen LogP contribution in [0.1, 0.15) is 44.9 Å². The first-order valence-electron chi connectivity index (χ1n) is 10.2. The number of nitrogens with one attached hydrogen (secondary N) is 3. The zero-order chi connectivity index (χ0) is 21.8.